The number of unbranched alkanes of at least 4 members (excludes halogenated alkanes) is 2. The lowest BCUT2D eigenvalue weighted by atomic mass is 10.4. The third-order valence-corrected chi connectivity index (χ3v) is 4.07. The molecule has 0 aliphatic carbocycles. The Morgan fingerprint density at radius 2 is 1.56 bits per heavy atom. The van der Waals surface area contributed by atoms with Gasteiger partial charge in [-0.15, -0.1) is 0 Å². The molecule has 0 amide bonds. The second-order valence-corrected chi connectivity index (χ2v) is 6.34. The van der Waals surface area contributed by atoms with Crippen LogP contribution in [0.3, 0.4) is 0 Å². The maximum absolute atomic E-state index is 10.9. The summed E-state index contributed by atoms with van der Waals surface area (Å²) in [6.45, 7) is 3.52. The third kappa shape index (κ3) is 8.22. The minimum Gasteiger partial charge on any atom is -0.392 e. The van der Waals surface area contributed by atoms with Crippen LogP contribution in [0.5, 0.6) is 0 Å². The third-order valence-electron chi connectivity index (χ3n) is 1.73. The van der Waals surface area contributed by atoms with Crippen molar-refractivity contribution in [3.05, 3.63) is 0 Å². The van der Waals surface area contributed by atoms with Crippen molar-refractivity contribution in [2.45, 2.75) is 46.5 Å². The summed E-state index contributed by atoms with van der Waals surface area (Å²) < 4.78 is 15.7. The standard InChI is InChI=1S/C10H21O4PS/c1-4-6-8-12-15(16,14-10(3)11)13-9-7-5-2/h4-9H2,1-3H3. The van der Waals surface area contributed by atoms with Gasteiger partial charge in [0.1, 0.15) is 0 Å². The largest absolute Gasteiger partial charge is 0.392 e. The molecule has 0 aromatic rings. The minimum atomic E-state index is -2.85. The molecule has 0 atom stereocenters. The molecule has 4 nitrogen and oxygen atoms in total. The van der Waals surface area contributed by atoms with Crippen molar-refractivity contribution in [3.63, 3.8) is 0 Å². The smallest absolute Gasteiger partial charge is 0.382 e. The van der Waals surface area contributed by atoms with Gasteiger partial charge in [-0.05, 0) is 12.8 Å². The van der Waals surface area contributed by atoms with Crippen LogP contribution in [-0.4, -0.2) is 19.2 Å². The van der Waals surface area contributed by atoms with Crippen molar-refractivity contribution in [1.82, 2.24) is 0 Å². The number of hydrogen-bond donors (Lipinski definition) is 0. The Hall–Kier alpha value is 0.0400. The molecule has 0 N–H and O–H groups in total. The lowest BCUT2D eigenvalue weighted by Gasteiger charge is -2.20. The zero-order valence-electron chi connectivity index (χ0n) is 10.2. The van der Waals surface area contributed by atoms with E-state index in [1.807, 2.05) is 0 Å². The highest BCUT2D eigenvalue weighted by Gasteiger charge is 2.23. The predicted molar refractivity (Wildman–Crippen MR) is 67.8 cm³/mol. The fourth-order valence-electron chi connectivity index (χ4n) is 0.889. The van der Waals surface area contributed by atoms with Gasteiger partial charge >= 0.3 is 12.7 Å². The zero-order valence-corrected chi connectivity index (χ0v) is 11.9. The molecule has 0 saturated carbocycles. The lowest BCUT2D eigenvalue weighted by Crippen LogP contribution is -2.05. The molecular weight excluding hydrogens is 247 g/mol. The molecule has 0 aromatic carbocycles. The Morgan fingerprint density at radius 3 is 1.88 bits per heavy atom. The van der Waals surface area contributed by atoms with Gasteiger partial charge in [0.15, 0.2) is 0 Å². The topological polar surface area (TPSA) is 44.8 Å². The van der Waals surface area contributed by atoms with Gasteiger partial charge < -0.3 is 4.52 Å². The molecule has 0 aromatic heterocycles. The Bertz CT molecular complexity index is 231. The summed E-state index contributed by atoms with van der Waals surface area (Å²) in [4.78, 5) is 10.9. The molecule has 0 rings (SSSR count). The maximum atomic E-state index is 10.9. The van der Waals surface area contributed by atoms with Crippen LogP contribution in [0.15, 0.2) is 0 Å². The van der Waals surface area contributed by atoms with Crippen LogP contribution in [0, 0.1) is 0 Å². The summed E-state index contributed by atoms with van der Waals surface area (Å²) >= 11 is 5.13. The maximum Gasteiger partial charge on any atom is 0.382 e. The van der Waals surface area contributed by atoms with E-state index in [1.165, 1.54) is 6.92 Å². The molecule has 0 spiro atoms. The monoisotopic (exact) mass is 268 g/mol. The minimum absolute atomic E-state index is 0.448. The van der Waals surface area contributed by atoms with Crippen molar-refractivity contribution in [1.29, 1.82) is 0 Å². The van der Waals surface area contributed by atoms with E-state index in [1.54, 1.807) is 0 Å². The average molecular weight is 268 g/mol. The van der Waals surface area contributed by atoms with Crippen LogP contribution >= 0.6 is 6.72 Å². The fourth-order valence-corrected chi connectivity index (χ4v) is 2.85. The summed E-state index contributed by atoms with van der Waals surface area (Å²) in [5, 5.41) is 0. The van der Waals surface area contributed by atoms with E-state index in [4.69, 9.17) is 25.4 Å². The van der Waals surface area contributed by atoms with Gasteiger partial charge in [-0.1, -0.05) is 26.7 Å². The molecule has 96 valence electrons. The molecule has 0 unspecified atom stereocenters. The first-order valence-electron chi connectivity index (χ1n) is 5.63. The summed E-state index contributed by atoms with van der Waals surface area (Å²) in [5.41, 5.74) is 0. The van der Waals surface area contributed by atoms with E-state index in [9.17, 15) is 4.79 Å². The average Bonchev–Trinajstić information content (AvgIpc) is 2.17. The molecule has 6 heteroatoms. The lowest BCUT2D eigenvalue weighted by molar-refractivity contribution is -0.132. The van der Waals surface area contributed by atoms with Crippen LogP contribution < -0.4 is 0 Å². The molecule has 0 aliphatic heterocycles. The summed E-state index contributed by atoms with van der Waals surface area (Å²) in [6, 6.07) is 0. The Balaban J connectivity index is 4.13. The van der Waals surface area contributed by atoms with Crippen LogP contribution in [-0.2, 0) is 30.2 Å². The van der Waals surface area contributed by atoms with E-state index >= 15 is 0 Å². The van der Waals surface area contributed by atoms with Gasteiger partial charge in [-0.2, -0.15) is 0 Å². The number of carbonyl (C=O) groups is 1. The van der Waals surface area contributed by atoms with Gasteiger partial charge in [0, 0.05) is 18.7 Å². The summed E-state index contributed by atoms with van der Waals surface area (Å²) in [6.07, 6.45) is 3.78. The first kappa shape index (κ1) is 16.0. The van der Waals surface area contributed by atoms with Gasteiger partial charge in [0.2, 0.25) is 0 Å². The normalized spacial score (nSPS) is 11.4. The van der Waals surface area contributed by atoms with Crippen molar-refractivity contribution in [2.24, 2.45) is 0 Å². The highest BCUT2D eigenvalue weighted by molar-refractivity contribution is 8.07. The molecule has 0 heterocycles. The Labute approximate surface area is 103 Å². The SMILES string of the molecule is CCCCOP(=S)(OCCCC)OC(C)=O. The first-order valence-corrected chi connectivity index (χ1v) is 8.19. The van der Waals surface area contributed by atoms with Gasteiger partial charge in [0.05, 0.1) is 13.2 Å². The van der Waals surface area contributed by atoms with Crippen molar-refractivity contribution in [3.8, 4) is 0 Å². The van der Waals surface area contributed by atoms with E-state index in [2.05, 4.69) is 13.8 Å². The second-order valence-electron chi connectivity index (χ2n) is 3.40. The van der Waals surface area contributed by atoms with E-state index in [-0.39, 0.29) is 0 Å². The van der Waals surface area contributed by atoms with Crippen molar-refractivity contribution >= 4 is 24.5 Å². The second kappa shape index (κ2) is 9.11. The van der Waals surface area contributed by atoms with E-state index < -0.39 is 12.7 Å². The fraction of sp³-hybridized carbons (Fsp3) is 0.900. The molecule has 0 fully saturated rings. The van der Waals surface area contributed by atoms with Crippen LogP contribution in [0.4, 0.5) is 0 Å². The molecular formula is C10H21O4PS. The number of hydrogen-bond acceptors (Lipinski definition) is 5. The van der Waals surface area contributed by atoms with E-state index in [0.717, 1.165) is 25.7 Å². The highest BCUT2D eigenvalue weighted by atomic mass is 32.5. The van der Waals surface area contributed by atoms with Gasteiger partial charge in [-0.25, -0.2) is 0 Å². The molecule has 0 saturated heterocycles. The molecule has 0 radical (unpaired) electrons. The van der Waals surface area contributed by atoms with Crippen molar-refractivity contribution < 1.29 is 18.4 Å². The van der Waals surface area contributed by atoms with Crippen LogP contribution in [0.25, 0.3) is 0 Å². The molecule has 0 bridgehead atoms. The Morgan fingerprint density at radius 1 is 1.12 bits per heavy atom. The van der Waals surface area contributed by atoms with Gasteiger partial charge in [-0.3, -0.25) is 13.8 Å². The summed E-state index contributed by atoms with van der Waals surface area (Å²) in [5.74, 6) is -0.448. The van der Waals surface area contributed by atoms with E-state index in [0.29, 0.717) is 13.2 Å². The number of carbonyl (C=O) groups excluding carboxylic acids is 1. The zero-order chi connectivity index (χ0) is 12.4. The quantitative estimate of drug-likeness (QED) is 0.473. The Kier molecular flexibility index (Phi) is 9.13. The first-order chi connectivity index (χ1) is 7.54. The summed E-state index contributed by atoms with van der Waals surface area (Å²) in [7, 11) is 0. The van der Waals surface area contributed by atoms with Crippen LogP contribution in [0.2, 0.25) is 0 Å². The molecule has 16 heavy (non-hydrogen) atoms. The predicted octanol–water partition coefficient (Wildman–Crippen LogP) is 3.41. The number of rotatable bonds is 9. The molecule has 0 aliphatic rings. The highest BCUT2D eigenvalue weighted by Crippen LogP contribution is 2.50. The van der Waals surface area contributed by atoms with Crippen molar-refractivity contribution in [2.75, 3.05) is 13.2 Å². The van der Waals surface area contributed by atoms with Crippen LogP contribution in [0.1, 0.15) is 46.5 Å². The van der Waals surface area contributed by atoms with Gasteiger partial charge in [0.25, 0.3) is 0 Å².